The maximum absolute atomic E-state index is 10.9. The van der Waals surface area contributed by atoms with Gasteiger partial charge in [-0.25, -0.2) is 14.8 Å². The summed E-state index contributed by atoms with van der Waals surface area (Å²) in [4.78, 5) is 19.3. The van der Waals surface area contributed by atoms with E-state index in [0.29, 0.717) is 11.4 Å². The number of fused-ring (bicyclic) bond motifs is 1. The molecular weight excluding hydrogens is 242 g/mol. The lowest BCUT2D eigenvalue weighted by Crippen LogP contribution is -2.22. The molecule has 5 heteroatoms. The van der Waals surface area contributed by atoms with Crippen LogP contribution in [-0.4, -0.2) is 27.1 Å². The van der Waals surface area contributed by atoms with Gasteiger partial charge in [0.2, 0.25) is 0 Å². The molecule has 2 aromatic rings. The van der Waals surface area contributed by atoms with E-state index in [1.165, 1.54) is 6.33 Å². The van der Waals surface area contributed by atoms with E-state index in [-0.39, 0.29) is 11.6 Å². The van der Waals surface area contributed by atoms with E-state index in [1.54, 1.807) is 18.2 Å². The molecule has 1 atom stereocenters. The van der Waals surface area contributed by atoms with Crippen molar-refractivity contribution in [3.05, 3.63) is 30.1 Å². The minimum atomic E-state index is -0.953. The second-order valence-electron chi connectivity index (χ2n) is 4.94. The Kier molecular flexibility index (Phi) is 3.64. The highest BCUT2D eigenvalue weighted by atomic mass is 16.4. The predicted octanol–water partition coefficient (Wildman–Crippen LogP) is 2.78. The van der Waals surface area contributed by atoms with E-state index in [9.17, 15) is 4.79 Å². The molecule has 1 aromatic carbocycles. The Morgan fingerprint density at radius 3 is 2.63 bits per heavy atom. The summed E-state index contributed by atoms with van der Waals surface area (Å²) in [6.07, 6.45) is 1.45. The van der Waals surface area contributed by atoms with Crippen LogP contribution in [-0.2, 0) is 0 Å². The number of carboxylic acid groups (broad SMARTS) is 1. The van der Waals surface area contributed by atoms with Gasteiger partial charge in [-0.05, 0) is 31.0 Å². The molecule has 0 saturated heterocycles. The molecule has 19 heavy (non-hydrogen) atoms. The van der Waals surface area contributed by atoms with Gasteiger partial charge in [0.1, 0.15) is 12.1 Å². The van der Waals surface area contributed by atoms with Crippen LogP contribution in [0.5, 0.6) is 0 Å². The maximum Gasteiger partial charge on any atom is 0.335 e. The molecule has 0 fully saturated rings. The molecule has 2 rings (SSSR count). The normalized spacial score (nSPS) is 12.6. The number of aromatic nitrogens is 2. The fraction of sp³-hybridized carbons (Fsp3) is 0.357. The van der Waals surface area contributed by atoms with Crippen molar-refractivity contribution < 1.29 is 9.90 Å². The minimum absolute atomic E-state index is 0.231. The lowest BCUT2D eigenvalue weighted by atomic mass is 10.1. The summed E-state index contributed by atoms with van der Waals surface area (Å²) < 4.78 is 0. The first kappa shape index (κ1) is 13.3. The Labute approximate surface area is 111 Å². The van der Waals surface area contributed by atoms with Crippen LogP contribution in [0, 0.1) is 5.92 Å². The van der Waals surface area contributed by atoms with Crippen molar-refractivity contribution in [3.8, 4) is 0 Å². The van der Waals surface area contributed by atoms with Crippen LogP contribution in [0.1, 0.15) is 31.1 Å². The van der Waals surface area contributed by atoms with E-state index in [2.05, 4.69) is 36.1 Å². The second kappa shape index (κ2) is 5.22. The van der Waals surface area contributed by atoms with Crippen LogP contribution < -0.4 is 5.32 Å². The number of nitrogens with one attached hydrogen (secondary N) is 1. The highest BCUT2D eigenvalue weighted by Crippen LogP contribution is 2.22. The van der Waals surface area contributed by atoms with Crippen LogP contribution in [0.4, 0.5) is 5.82 Å². The summed E-state index contributed by atoms with van der Waals surface area (Å²) in [5, 5.41) is 13.1. The monoisotopic (exact) mass is 259 g/mol. The molecule has 0 bridgehead atoms. The van der Waals surface area contributed by atoms with E-state index in [1.807, 2.05) is 0 Å². The number of nitrogens with zero attached hydrogens (tertiary/aromatic N) is 2. The van der Waals surface area contributed by atoms with Crippen LogP contribution in [0.15, 0.2) is 24.5 Å². The molecule has 0 spiro atoms. The molecule has 0 aliphatic heterocycles. The quantitative estimate of drug-likeness (QED) is 0.883. The second-order valence-corrected chi connectivity index (χ2v) is 4.94. The third kappa shape index (κ3) is 2.81. The van der Waals surface area contributed by atoms with Crippen LogP contribution in [0.2, 0.25) is 0 Å². The molecule has 1 aromatic heterocycles. The standard InChI is InChI=1S/C14H17N3O2/c1-8(2)9(3)17-13-11-5-4-10(14(18)19)6-12(11)15-7-16-13/h4-9H,1-3H3,(H,18,19)(H,15,16,17). The van der Waals surface area contributed by atoms with E-state index in [4.69, 9.17) is 5.11 Å². The predicted molar refractivity (Wildman–Crippen MR) is 74.4 cm³/mol. The smallest absolute Gasteiger partial charge is 0.335 e. The van der Waals surface area contributed by atoms with Gasteiger partial charge >= 0.3 is 5.97 Å². The third-order valence-electron chi connectivity index (χ3n) is 3.25. The van der Waals surface area contributed by atoms with Crippen molar-refractivity contribution in [1.29, 1.82) is 0 Å². The molecule has 0 saturated carbocycles. The topological polar surface area (TPSA) is 75.1 Å². The Morgan fingerprint density at radius 2 is 2.00 bits per heavy atom. The number of hydrogen-bond donors (Lipinski definition) is 2. The number of anilines is 1. The molecule has 100 valence electrons. The average Bonchev–Trinajstić information content (AvgIpc) is 2.38. The van der Waals surface area contributed by atoms with Gasteiger partial charge in [-0.2, -0.15) is 0 Å². The van der Waals surface area contributed by atoms with Crippen molar-refractivity contribution >= 4 is 22.7 Å². The summed E-state index contributed by atoms with van der Waals surface area (Å²) >= 11 is 0. The van der Waals surface area contributed by atoms with Gasteiger partial charge in [0.15, 0.2) is 0 Å². The van der Waals surface area contributed by atoms with Crippen molar-refractivity contribution in [2.24, 2.45) is 5.92 Å². The summed E-state index contributed by atoms with van der Waals surface area (Å²) in [6, 6.07) is 5.15. The van der Waals surface area contributed by atoms with Crippen molar-refractivity contribution in [3.63, 3.8) is 0 Å². The zero-order valence-electron chi connectivity index (χ0n) is 11.2. The lowest BCUT2D eigenvalue weighted by molar-refractivity contribution is 0.0697. The highest BCUT2D eigenvalue weighted by molar-refractivity contribution is 5.96. The van der Waals surface area contributed by atoms with Gasteiger partial charge in [-0.15, -0.1) is 0 Å². The van der Waals surface area contributed by atoms with Crippen molar-refractivity contribution in [1.82, 2.24) is 9.97 Å². The van der Waals surface area contributed by atoms with Gasteiger partial charge in [0, 0.05) is 11.4 Å². The Bertz CT molecular complexity index is 611. The van der Waals surface area contributed by atoms with Gasteiger partial charge in [-0.1, -0.05) is 13.8 Å². The maximum atomic E-state index is 10.9. The fourth-order valence-corrected chi connectivity index (χ4v) is 1.69. The van der Waals surface area contributed by atoms with Crippen LogP contribution >= 0.6 is 0 Å². The first-order valence-corrected chi connectivity index (χ1v) is 6.23. The first-order chi connectivity index (χ1) is 8.99. The molecular formula is C14H17N3O2. The molecule has 0 radical (unpaired) electrons. The molecule has 1 unspecified atom stereocenters. The Hall–Kier alpha value is -2.17. The number of rotatable bonds is 4. The van der Waals surface area contributed by atoms with Gasteiger partial charge in [0.05, 0.1) is 11.1 Å². The number of carboxylic acids is 1. The van der Waals surface area contributed by atoms with Crippen molar-refractivity contribution in [2.45, 2.75) is 26.8 Å². The summed E-state index contributed by atoms with van der Waals surface area (Å²) in [7, 11) is 0. The molecule has 1 heterocycles. The number of hydrogen-bond acceptors (Lipinski definition) is 4. The zero-order valence-corrected chi connectivity index (χ0v) is 11.2. The third-order valence-corrected chi connectivity index (χ3v) is 3.25. The zero-order chi connectivity index (χ0) is 14.0. The largest absolute Gasteiger partial charge is 0.478 e. The van der Waals surface area contributed by atoms with Gasteiger partial charge in [0.25, 0.3) is 0 Å². The summed E-state index contributed by atoms with van der Waals surface area (Å²) in [5.74, 6) is 0.261. The molecule has 5 nitrogen and oxygen atoms in total. The van der Waals surface area contributed by atoms with E-state index in [0.717, 1.165) is 11.2 Å². The number of benzene rings is 1. The summed E-state index contributed by atoms with van der Waals surface area (Å²) in [6.45, 7) is 6.34. The van der Waals surface area contributed by atoms with Crippen LogP contribution in [0.25, 0.3) is 10.9 Å². The molecule has 0 amide bonds. The molecule has 0 aliphatic carbocycles. The highest BCUT2D eigenvalue weighted by Gasteiger charge is 2.11. The Balaban J connectivity index is 2.43. The molecule has 2 N–H and O–H groups in total. The van der Waals surface area contributed by atoms with Gasteiger partial charge in [-0.3, -0.25) is 0 Å². The van der Waals surface area contributed by atoms with Crippen LogP contribution in [0.3, 0.4) is 0 Å². The fourth-order valence-electron chi connectivity index (χ4n) is 1.69. The number of aromatic carboxylic acids is 1. The van der Waals surface area contributed by atoms with Crippen molar-refractivity contribution in [2.75, 3.05) is 5.32 Å². The lowest BCUT2D eigenvalue weighted by Gasteiger charge is -2.18. The van der Waals surface area contributed by atoms with E-state index < -0.39 is 5.97 Å². The number of carbonyl (C=O) groups is 1. The summed E-state index contributed by atoms with van der Waals surface area (Å²) in [5.41, 5.74) is 0.863. The first-order valence-electron chi connectivity index (χ1n) is 6.23. The van der Waals surface area contributed by atoms with E-state index >= 15 is 0 Å². The van der Waals surface area contributed by atoms with Gasteiger partial charge < -0.3 is 10.4 Å². The molecule has 0 aliphatic rings. The SMILES string of the molecule is CC(C)C(C)Nc1ncnc2cc(C(=O)O)ccc12. The average molecular weight is 259 g/mol. The Morgan fingerprint density at radius 1 is 1.26 bits per heavy atom. The minimum Gasteiger partial charge on any atom is -0.478 e.